The molecule has 1 aromatic rings. The summed E-state index contributed by atoms with van der Waals surface area (Å²) < 4.78 is 0. The molecule has 0 aliphatic carbocycles. The van der Waals surface area contributed by atoms with Crippen LogP contribution in [0.1, 0.15) is 32.8 Å². The average Bonchev–Trinajstić information content (AvgIpc) is 2.49. The number of benzene rings is 1. The lowest BCUT2D eigenvalue weighted by Crippen LogP contribution is -2.49. The number of rotatable bonds is 1. The van der Waals surface area contributed by atoms with E-state index in [4.69, 9.17) is 0 Å². The maximum absolute atomic E-state index is 9.25. The molecule has 0 bridgehead atoms. The molecule has 96 valence electrons. The zero-order chi connectivity index (χ0) is 13.2. The lowest BCUT2D eigenvalue weighted by molar-refractivity contribution is 0.447. The second-order valence-electron chi connectivity index (χ2n) is 5.66. The van der Waals surface area contributed by atoms with Crippen LogP contribution in [0.15, 0.2) is 24.3 Å². The number of para-hydroxylation sites is 1. The van der Waals surface area contributed by atoms with E-state index in [0.29, 0.717) is 6.04 Å². The predicted octanol–water partition coefficient (Wildman–Crippen LogP) is 2.53. The van der Waals surface area contributed by atoms with Crippen LogP contribution in [0.25, 0.3) is 0 Å². The monoisotopic (exact) mass is 243 g/mol. The summed E-state index contributed by atoms with van der Waals surface area (Å²) >= 11 is 0. The van der Waals surface area contributed by atoms with Crippen LogP contribution in [0.4, 0.5) is 5.69 Å². The summed E-state index contributed by atoms with van der Waals surface area (Å²) in [5.74, 6) is 0. The van der Waals surface area contributed by atoms with E-state index in [0.717, 1.165) is 30.8 Å². The molecule has 3 heteroatoms. The number of hydrogen-bond donors (Lipinski definition) is 1. The summed E-state index contributed by atoms with van der Waals surface area (Å²) in [6, 6.07) is 10.7. The molecule has 1 unspecified atom stereocenters. The van der Waals surface area contributed by atoms with E-state index in [1.807, 2.05) is 18.2 Å². The smallest absolute Gasteiger partial charge is 0.101 e. The Balaban J connectivity index is 2.38. The van der Waals surface area contributed by atoms with E-state index in [-0.39, 0.29) is 5.54 Å². The first-order valence-electron chi connectivity index (χ1n) is 6.55. The molecule has 0 radical (unpaired) electrons. The molecule has 0 saturated carbocycles. The number of anilines is 1. The third kappa shape index (κ3) is 2.49. The second kappa shape index (κ2) is 4.99. The third-order valence-corrected chi connectivity index (χ3v) is 3.71. The van der Waals surface area contributed by atoms with Crippen LogP contribution in [0.5, 0.6) is 0 Å². The second-order valence-corrected chi connectivity index (χ2v) is 5.66. The van der Waals surface area contributed by atoms with Crippen molar-refractivity contribution in [1.82, 2.24) is 5.32 Å². The van der Waals surface area contributed by atoms with Crippen LogP contribution < -0.4 is 10.2 Å². The Morgan fingerprint density at radius 2 is 2.11 bits per heavy atom. The van der Waals surface area contributed by atoms with Gasteiger partial charge in [-0.1, -0.05) is 12.1 Å². The normalized spacial score (nSPS) is 23.2. The maximum Gasteiger partial charge on any atom is 0.101 e. The van der Waals surface area contributed by atoms with Crippen LogP contribution in [0, 0.1) is 11.3 Å². The summed E-state index contributed by atoms with van der Waals surface area (Å²) in [7, 11) is 0. The van der Waals surface area contributed by atoms with Gasteiger partial charge in [0.1, 0.15) is 6.07 Å². The minimum absolute atomic E-state index is 0.0255. The highest BCUT2D eigenvalue weighted by Crippen LogP contribution is 2.29. The summed E-state index contributed by atoms with van der Waals surface area (Å²) in [6.07, 6.45) is 1.10. The van der Waals surface area contributed by atoms with Gasteiger partial charge in [-0.15, -0.1) is 0 Å². The standard InChI is InChI=1S/C15H21N3/c1-12-8-9-18(15(2,3)11-17-12)14-7-5-4-6-13(14)10-16/h4-7,12,17H,8-9,11H2,1-3H3. The van der Waals surface area contributed by atoms with Crippen molar-refractivity contribution in [3.63, 3.8) is 0 Å². The fourth-order valence-corrected chi connectivity index (χ4v) is 2.50. The summed E-state index contributed by atoms with van der Waals surface area (Å²) in [4.78, 5) is 2.36. The molecule has 1 heterocycles. The van der Waals surface area contributed by atoms with Gasteiger partial charge < -0.3 is 10.2 Å². The number of hydrogen-bond acceptors (Lipinski definition) is 3. The van der Waals surface area contributed by atoms with Crippen molar-refractivity contribution in [1.29, 1.82) is 5.26 Å². The molecular formula is C15H21N3. The summed E-state index contributed by atoms with van der Waals surface area (Å²) in [6.45, 7) is 8.60. The largest absolute Gasteiger partial charge is 0.364 e. The first-order valence-corrected chi connectivity index (χ1v) is 6.55. The molecule has 0 aromatic heterocycles. The quantitative estimate of drug-likeness (QED) is 0.823. The van der Waals surface area contributed by atoms with Gasteiger partial charge in [0, 0.05) is 24.7 Å². The van der Waals surface area contributed by atoms with E-state index >= 15 is 0 Å². The molecule has 1 saturated heterocycles. The van der Waals surface area contributed by atoms with Gasteiger partial charge in [0.15, 0.2) is 0 Å². The van der Waals surface area contributed by atoms with Gasteiger partial charge >= 0.3 is 0 Å². The number of nitriles is 1. The van der Waals surface area contributed by atoms with E-state index < -0.39 is 0 Å². The Morgan fingerprint density at radius 3 is 2.83 bits per heavy atom. The molecule has 1 aromatic carbocycles. The van der Waals surface area contributed by atoms with Gasteiger partial charge in [-0.05, 0) is 39.3 Å². The van der Waals surface area contributed by atoms with Crippen molar-refractivity contribution in [2.75, 3.05) is 18.0 Å². The molecule has 0 amide bonds. The molecule has 1 N–H and O–H groups in total. The van der Waals surface area contributed by atoms with Crippen molar-refractivity contribution in [3.8, 4) is 6.07 Å². The van der Waals surface area contributed by atoms with E-state index in [1.54, 1.807) is 0 Å². The molecule has 0 spiro atoms. The fourth-order valence-electron chi connectivity index (χ4n) is 2.50. The van der Waals surface area contributed by atoms with Gasteiger partial charge in [-0.3, -0.25) is 0 Å². The zero-order valence-electron chi connectivity index (χ0n) is 11.4. The van der Waals surface area contributed by atoms with Crippen LogP contribution in [-0.2, 0) is 0 Å². The van der Waals surface area contributed by atoms with Crippen molar-refractivity contribution in [2.24, 2.45) is 0 Å². The number of nitrogens with one attached hydrogen (secondary N) is 1. The van der Waals surface area contributed by atoms with Gasteiger partial charge in [-0.25, -0.2) is 0 Å². The highest BCUT2D eigenvalue weighted by Gasteiger charge is 2.31. The maximum atomic E-state index is 9.25. The minimum atomic E-state index is 0.0255. The van der Waals surface area contributed by atoms with Crippen molar-refractivity contribution < 1.29 is 0 Å². The Bertz CT molecular complexity index is 459. The number of nitrogens with zero attached hydrogens (tertiary/aromatic N) is 2. The fraction of sp³-hybridized carbons (Fsp3) is 0.533. The van der Waals surface area contributed by atoms with Gasteiger partial charge in [-0.2, -0.15) is 5.26 Å². The van der Waals surface area contributed by atoms with Gasteiger partial charge in [0.25, 0.3) is 0 Å². The van der Waals surface area contributed by atoms with E-state index in [9.17, 15) is 5.26 Å². The third-order valence-electron chi connectivity index (χ3n) is 3.71. The van der Waals surface area contributed by atoms with Gasteiger partial charge in [0.2, 0.25) is 0 Å². The topological polar surface area (TPSA) is 39.1 Å². The Kier molecular flexibility index (Phi) is 3.58. The van der Waals surface area contributed by atoms with Crippen molar-refractivity contribution in [3.05, 3.63) is 29.8 Å². The summed E-state index contributed by atoms with van der Waals surface area (Å²) in [5, 5.41) is 12.8. The predicted molar refractivity (Wildman–Crippen MR) is 74.7 cm³/mol. The average molecular weight is 243 g/mol. The van der Waals surface area contributed by atoms with E-state index in [2.05, 4.69) is 43.1 Å². The van der Waals surface area contributed by atoms with Crippen molar-refractivity contribution >= 4 is 5.69 Å². The lowest BCUT2D eigenvalue weighted by Gasteiger charge is -2.39. The zero-order valence-corrected chi connectivity index (χ0v) is 11.4. The van der Waals surface area contributed by atoms with Gasteiger partial charge in [0.05, 0.1) is 11.3 Å². The van der Waals surface area contributed by atoms with Crippen LogP contribution >= 0.6 is 0 Å². The first-order chi connectivity index (χ1) is 8.54. The SMILES string of the molecule is CC1CCN(c2ccccc2C#N)C(C)(C)CN1. The molecular weight excluding hydrogens is 222 g/mol. The highest BCUT2D eigenvalue weighted by atomic mass is 15.2. The highest BCUT2D eigenvalue weighted by molar-refractivity contribution is 5.60. The molecule has 18 heavy (non-hydrogen) atoms. The van der Waals surface area contributed by atoms with Crippen LogP contribution in [0.3, 0.4) is 0 Å². The lowest BCUT2D eigenvalue weighted by atomic mass is 10.0. The minimum Gasteiger partial charge on any atom is -0.364 e. The first kappa shape index (κ1) is 12.9. The molecule has 1 atom stereocenters. The Labute approximate surface area is 109 Å². The van der Waals surface area contributed by atoms with E-state index in [1.165, 1.54) is 0 Å². The Hall–Kier alpha value is -1.53. The van der Waals surface area contributed by atoms with Crippen LogP contribution in [-0.4, -0.2) is 24.7 Å². The van der Waals surface area contributed by atoms with Crippen LogP contribution in [0.2, 0.25) is 0 Å². The molecule has 2 rings (SSSR count). The summed E-state index contributed by atoms with van der Waals surface area (Å²) in [5.41, 5.74) is 1.85. The Morgan fingerprint density at radius 1 is 1.39 bits per heavy atom. The van der Waals surface area contributed by atoms with Crippen molar-refractivity contribution in [2.45, 2.75) is 38.8 Å². The molecule has 1 fully saturated rings. The molecule has 1 aliphatic heterocycles. The molecule has 1 aliphatic rings. The molecule has 3 nitrogen and oxygen atoms in total.